The lowest BCUT2D eigenvalue weighted by molar-refractivity contribution is 0.670. The minimum atomic E-state index is -0.476. The van der Waals surface area contributed by atoms with Gasteiger partial charge in [0, 0.05) is 33.0 Å². The molecule has 3 nitrogen and oxygen atoms in total. The van der Waals surface area contributed by atoms with E-state index in [2.05, 4.69) is 200 Å². The Bertz CT molecular complexity index is 3400. The molecule has 1 aliphatic rings. The lowest BCUT2D eigenvalue weighted by Crippen LogP contribution is -2.28. The van der Waals surface area contributed by atoms with Gasteiger partial charge >= 0.3 is 0 Å². The summed E-state index contributed by atoms with van der Waals surface area (Å²) in [6, 6.07) is 82.2. The first-order valence-corrected chi connectivity index (χ1v) is 21.1. The molecule has 0 unspecified atom stereocenters. The summed E-state index contributed by atoms with van der Waals surface area (Å²) in [5.74, 6) is 0.674. The molecule has 11 aromatic rings. The number of aromatic nitrogens is 2. The number of hydrogen-bond acceptors (Lipinski definition) is 3. The third-order valence-electron chi connectivity index (χ3n) is 12.6. The van der Waals surface area contributed by atoms with E-state index in [1.165, 1.54) is 33.4 Å². The van der Waals surface area contributed by atoms with Crippen molar-refractivity contribution in [1.82, 2.24) is 9.97 Å². The molecule has 9 aromatic carbocycles. The molecule has 62 heavy (non-hydrogen) atoms. The van der Waals surface area contributed by atoms with E-state index in [0.717, 1.165) is 72.3 Å². The molecule has 0 amide bonds. The first-order valence-electron chi connectivity index (χ1n) is 21.1. The van der Waals surface area contributed by atoms with Crippen molar-refractivity contribution >= 4 is 21.9 Å². The number of benzene rings is 9. The Labute approximate surface area is 360 Å². The summed E-state index contributed by atoms with van der Waals surface area (Å²) < 4.78 is 6.58. The Morgan fingerprint density at radius 1 is 0.323 bits per heavy atom. The summed E-state index contributed by atoms with van der Waals surface area (Å²) in [7, 11) is 0. The zero-order valence-electron chi connectivity index (χ0n) is 33.7. The van der Waals surface area contributed by atoms with Crippen molar-refractivity contribution in [3.63, 3.8) is 0 Å². The molecule has 12 rings (SSSR count). The molecule has 0 aliphatic heterocycles. The van der Waals surface area contributed by atoms with Gasteiger partial charge in [-0.15, -0.1) is 0 Å². The van der Waals surface area contributed by atoms with Crippen LogP contribution in [0.5, 0.6) is 0 Å². The van der Waals surface area contributed by atoms with Crippen LogP contribution in [0.4, 0.5) is 0 Å². The SMILES string of the molecule is c1ccc(-c2cc(-c3cc(-c4ccc(C5(c6ccccc6)c6ccccc6-c6ccccc65)cc4)nc(-c4ccccc4)n3)cc(-c3cccc4c3oc3ccccc34)c2)cc1. The van der Waals surface area contributed by atoms with E-state index in [4.69, 9.17) is 14.4 Å². The first kappa shape index (κ1) is 35.8. The van der Waals surface area contributed by atoms with Gasteiger partial charge in [0.05, 0.1) is 16.8 Å². The van der Waals surface area contributed by atoms with Crippen LogP contribution in [0, 0.1) is 0 Å². The Kier molecular flexibility index (Phi) is 8.39. The van der Waals surface area contributed by atoms with Crippen molar-refractivity contribution in [1.29, 1.82) is 0 Å². The lowest BCUT2D eigenvalue weighted by Gasteiger charge is -2.34. The molecular formula is C59H38N2O. The zero-order chi connectivity index (χ0) is 41.0. The average Bonchev–Trinajstić information content (AvgIpc) is 3.89. The Morgan fingerprint density at radius 2 is 0.839 bits per heavy atom. The van der Waals surface area contributed by atoms with Gasteiger partial charge in [0.25, 0.3) is 0 Å². The van der Waals surface area contributed by atoms with Gasteiger partial charge in [-0.25, -0.2) is 9.97 Å². The fourth-order valence-electron chi connectivity index (χ4n) is 9.76. The second-order valence-corrected chi connectivity index (χ2v) is 16.1. The van der Waals surface area contributed by atoms with Gasteiger partial charge in [0.1, 0.15) is 11.2 Å². The second-order valence-electron chi connectivity index (χ2n) is 16.1. The molecule has 3 heteroatoms. The van der Waals surface area contributed by atoms with Crippen molar-refractivity contribution < 1.29 is 4.42 Å². The Hall–Kier alpha value is -8.14. The average molecular weight is 791 g/mol. The standard InChI is InChI=1S/C59H38N2O/c1-4-17-39(18-5-1)42-35-43(47-26-16-27-51-50-25-12-15-30-56(50)62-57(47)51)37-44(36-42)55-38-54(60-58(61-55)41-19-6-2-7-20-41)40-31-33-46(34-32-40)59(45-21-8-3-9-22-45)52-28-13-10-23-48(52)49-24-11-14-29-53(49)59/h1-38H. The lowest BCUT2D eigenvalue weighted by atomic mass is 9.67. The molecule has 2 heterocycles. The second kappa shape index (κ2) is 14.5. The normalized spacial score (nSPS) is 12.6. The number of rotatable bonds is 7. The van der Waals surface area contributed by atoms with E-state index in [-0.39, 0.29) is 0 Å². The van der Waals surface area contributed by atoms with Crippen LogP contribution in [-0.4, -0.2) is 9.97 Å². The number of para-hydroxylation sites is 2. The smallest absolute Gasteiger partial charge is 0.160 e. The highest BCUT2D eigenvalue weighted by Crippen LogP contribution is 2.56. The van der Waals surface area contributed by atoms with Crippen LogP contribution in [0.2, 0.25) is 0 Å². The fraction of sp³-hybridized carbons (Fsp3) is 0.0169. The molecule has 1 aliphatic carbocycles. The Balaban J connectivity index is 1.04. The minimum Gasteiger partial charge on any atom is -0.455 e. The first-order chi connectivity index (χ1) is 30.7. The summed E-state index contributed by atoms with van der Waals surface area (Å²) in [6.45, 7) is 0. The molecule has 0 atom stereocenters. The van der Waals surface area contributed by atoms with Gasteiger partial charge in [0.2, 0.25) is 0 Å². The van der Waals surface area contributed by atoms with E-state index in [0.29, 0.717) is 5.82 Å². The number of furan rings is 1. The van der Waals surface area contributed by atoms with Crippen molar-refractivity contribution in [3.05, 3.63) is 253 Å². The molecule has 0 N–H and O–H groups in total. The van der Waals surface area contributed by atoms with E-state index >= 15 is 0 Å². The third kappa shape index (κ3) is 5.74. The van der Waals surface area contributed by atoms with Crippen LogP contribution in [0.25, 0.3) is 89.2 Å². The zero-order valence-corrected chi connectivity index (χ0v) is 33.7. The highest BCUT2D eigenvalue weighted by atomic mass is 16.3. The molecule has 0 spiro atoms. The quantitative estimate of drug-likeness (QED) is 0.161. The van der Waals surface area contributed by atoms with Crippen LogP contribution < -0.4 is 0 Å². The fourth-order valence-corrected chi connectivity index (χ4v) is 9.76. The van der Waals surface area contributed by atoms with Crippen molar-refractivity contribution in [2.75, 3.05) is 0 Å². The van der Waals surface area contributed by atoms with E-state index in [9.17, 15) is 0 Å². The van der Waals surface area contributed by atoms with Gasteiger partial charge in [-0.3, -0.25) is 0 Å². The van der Waals surface area contributed by atoms with E-state index in [1.807, 2.05) is 30.3 Å². The maximum atomic E-state index is 6.58. The van der Waals surface area contributed by atoms with Crippen LogP contribution in [-0.2, 0) is 5.41 Å². The van der Waals surface area contributed by atoms with Crippen molar-refractivity contribution in [2.24, 2.45) is 0 Å². The largest absolute Gasteiger partial charge is 0.455 e. The van der Waals surface area contributed by atoms with Crippen LogP contribution in [0.1, 0.15) is 22.3 Å². The predicted molar refractivity (Wildman–Crippen MR) is 254 cm³/mol. The van der Waals surface area contributed by atoms with Gasteiger partial charge < -0.3 is 4.42 Å². The third-order valence-corrected chi connectivity index (χ3v) is 12.6. The summed E-state index contributed by atoms with van der Waals surface area (Å²) >= 11 is 0. The maximum Gasteiger partial charge on any atom is 0.160 e. The molecule has 0 fully saturated rings. The number of hydrogen-bond donors (Lipinski definition) is 0. The van der Waals surface area contributed by atoms with Gasteiger partial charge in [-0.05, 0) is 80.4 Å². The predicted octanol–water partition coefficient (Wildman–Crippen LogP) is 15.1. The number of fused-ring (bicyclic) bond motifs is 6. The van der Waals surface area contributed by atoms with Gasteiger partial charge in [-0.1, -0.05) is 200 Å². The Morgan fingerprint density at radius 3 is 1.55 bits per heavy atom. The highest BCUT2D eigenvalue weighted by Gasteiger charge is 2.45. The van der Waals surface area contributed by atoms with Crippen molar-refractivity contribution in [2.45, 2.75) is 5.41 Å². The van der Waals surface area contributed by atoms with Crippen molar-refractivity contribution in [3.8, 4) is 67.3 Å². The highest BCUT2D eigenvalue weighted by molar-refractivity contribution is 6.10. The maximum absolute atomic E-state index is 6.58. The molecular weight excluding hydrogens is 753 g/mol. The summed E-state index contributed by atoms with van der Waals surface area (Å²) in [5.41, 5.74) is 17.9. The van der Waals surface area contributed by atoms with Crippen LogP contribution >= 0.6 is 0 Å². The molecule has 2 aromatic heterocycles. The van der Waals surface area contributed by atoms with Crippen LogP contribution in [0.3, 0.4) is 0 Å². The number of nitrogens with zero attached hydrogens (tertiary/aromatic N) is 2. The molecule has 290 valence electrons. The van der Waals surface area contributed by atoms with Crippen LogP contribution in [0.15, 0.2) is 235 Å². The van der Waals surface area contributed by atoms with Gasteiger partial charge in [0.15, 0.2) is 5.82 Å². The van der Waals surface area contributed by atoms with Gasteiger partial charge in [-0.2, -0.15) is 0 Å². The van der Waals surface area contributed by atoms with E-state index in [1.54, 1.807) is 0 Å². The summed E-state index contributed by atoms with van der Waals surface area (Å²) in [5, 5.41) is 2.21. The van der Waals surface area contributed by atoms with E-state index < -0.39 is 5.41 Å². The molecule has 0 radical (unpaired) electrons. The topological polar surface area (TPSA) is 38.9 Å². The molecule has 0 saturated heterocycles. The summed E-state index contributed by atoms with van der Waals surface area (Å²) in [4.78, 5) is 10.6. The minimum absolute atomic E-state index is 0.476. The monoisotopic (exact) mass is 790 g/mol. The summed E-state index contributed by atoms with van der Waals surface area (Å²) in [6.07, 6.45) is 0. The molecule has 0 bridgehead atoms. The molecule has 0 saturated carbocycles.